The molecule has 180 valence electrons. The van der Waals surface area contributed by atoms with E-state index in [0.717, 1.165) is 28.6 Å². The van der Waals surface area contributed by atoms with Gasteiger partial charge in [0, 0.05) is 41.1 Å². The Hall–Kier alpha value is -3.30. The van der Waals surface area contributed by atoms with Crippen LogP contribution in [0.5, 0.6) is 0 Å². The molecule has 10 heteroatoms. The molecule has 2 aromatic carbocycles. The van der Waals surface area contributed by atoms with Crippen LogP contribution < -0.4 is 5.32 Å². The fourth-order valence-electron chi connectivity index (χ4n) is 4.31. The van der Waals surface area contributed by atoms with Crippen LogP contribution in [0.1, 0.15) is 31.2 Å². The van der Waals surface area contributed by atoms with Gasteiger partial charge in [0.25, 0.3) is 10.0 Å². The van der Waals surface area contributed by atoms with Gasteiger partial charge in [-0.2, -0.15) is 0 Å². The molecule has 0 radical (unpaired) electrons. The molecule has 7 nitrogen and oxygen atoms in total. The lowest BCUT2D eigenvalue weighted by Gasteiger charge is -2.22. The van der Waals surface area contributed by atoms with E-state index < -0.39 is 15.8 Å². The van der Waals surface area contributed by atoms with Gasteiger partial charge in [-0.1, -0.05) is 29.3 Å². The monoisotopic (exact) mass is 512 g/mol. The highest BCUT2D eigenvalue weighted by Gasteiger charge is 2.25. The lowest BCUT2D eigenvalue weighted by molar-refractivity contribution is -0.120. The van der Waals surface area contributed by atoms with Crippen molar-refractivity contribution in [3.8, 4) is 11.4 Å². The summed E-state index contributed by atoms with van der Waals surface area (Å²) in [7, 11) is -3.94. The maximum Gasteiger partial charge on any atom is 0.268 e. The first kappa shape index (κ1) is 23.4. The summed E-state index contributed by atoms with van der Waals surface area (Å²) in [6.45, 7) is 1.88. The molecule has 4 aromatic rings. The minimum absolute atomic E-state index is 0.0287. The standard InChI is InChI=1S/C25H22ClFN4O3S/c1-15-5-8-19(9-6-15)35(33,34)31-14-21(20-11-16(26)7-10-23(20)31)24-28-13-22(27)25(30-24)29-17-3-2-4-18(32)12-17/h5-11,13-14,17H,2-4,12H2,1H3,(H,28,29,30)/t17-/m0/s1. The number of aromatic nitrogens is 3. The number of hydrogen-bond donors (Lipinski definition) is 1. The number of carbonyl (C=O) groups excluding carboxylic acids is 1. The SMILES string of the molecule is Cc1ccc(S(=O)(=O)n2cc(-c3ncc(F)c(N[C@H]4CCCC(=O)C4)n3)c3cc(Cl)ccc32)cc1. The predicted octanol–water partition coefficient (Wildman–Crippen LogP) is 5.36. The molecular weight excluding hydrogens is 491 g/mol. The van der Waals surface area contributed by atoms with Gasteiger partial charge in [-0.3, -0.25) is 4.79 Å². The number of hydrogen-bond acceptors (Lipinski definition) is 6. The summed E-state index contributed by atoms with van der Waals surface area (Å²) in [5.41, 5.74) is 1.72. The van der Waals surface area contributed by atoms with Crippen LogP contribution in [0.25, 0.3) is 22.3 Å². The molecule has 2 aromatic heterocycles. The number of benzene rings is 2. The largest absolute Gasteiger partial charge is 0.364 e. The second kappa shape index (κ2) is 9.05. The molecule has 0 amide bonds. The Balaban J connectivity index is 1.62. The molecule has 1 N–H and O–H groups in total. The topological polar surface area (TPSA) is 94.0 Å². The average Bonchev–Trinajstić information content (AvgIpc) is 3.20. The van der Waals surface area contributed by atoms with Crippen molar-refractivity contribution in [2.75, 3.05) is 5.32 Å². The van der Waals surface area contributed by atoms with E-state index in [4.69, 9.17) is 11.6 Å². The molecule has 0 bridgehead atoms. The first-order valence-corrected chi connectivity index (χ1v) is 13.0. The summed E-state index contributed by atoms with van der Waals surface area (Å²) in [5.74, 6) is -0.413. The summed E-state index contributed by atoms with van der Waals surface area (Å²) in [6.07, 6.45) is 4.77. The summed E-state index contributed by atoms with van der Waals surface area (Å²) in [5, 5.41) is 3.94. The average molecular weight is 513 g/mol. The molecule has 1 atom stereocenters. The quantitative estimate of drug-likeness (QED) is 0.387. The molecule has 0 aliphatic heterocycles. The van der Waals surface area contributed by atoms with Crippen LogP contribution >= 0.6 is 11.6 Å². The second-order valence-electron chi connectivity index (χ2n) is 8.68. The zero-order valence-electron chi connectivity index (χ0n) is 18.8. The van der Waals surface area contributed by atoms with Gasteiger partial charge in [0.1, 0.15) is 5.78 Å². The number of nitrogens with one attached hydrogen (secondary N) is 1. The minimum atomic E-state index is -3.94. The molecule has 0 saturated heterocycles. The summed E-state index contributed by atoms with van der Waals surface area (Å²) < 4.78 is 42.7. The summed E-state index contributed by atoms with van der Waals surface area (Å²) in [6, 6.07) is 11.2. The number of Topliss-reactive ketones (excluding diaryl/α,β-unsaturated/α-hetero) is 1. The fraction of sp³-hybridized carbons (Fsp3) is 0.240. The van der Waals surface area contributed by atoms with Crippen LogP contribution in [0.15, 0.2) is 59.8 Å². The van der Waals surface area contributed by atoms with Crippen molar-refractivity contribution >= 4 is 44.1 Å². The van der Waals surface area contributed by atoms with E-state index in [0.29, 0.717) is 34.3 Å². The third kappa shape index (κ3) is 4.53. The van der Waals surface area contributed by atoms with Gasteiger partial charge in [0.05, 0.1) is 16.6 Å². The number of fused-ring (bicyclic) bond motifs is 1. The van der Waals surface area contributed by atoms with Crippen LogP contribution in [0.3, 0.4) is 0 Å². The maximum absolute atomic E-state index is 14.6. The molecular formula is C25H22ClFN4O3S. The van der Waals surface area contributed by atoms with Gasteiger partial charge < -0.3 is 5.32 Å². The van der Waals surface area contributed by atoms with E-state index in [9.17, 15) is 17.6 Å². The van der Waals surface area contributed by atoms with E-state index in [1.54, 1.807) is 42.5 Å². The normalized spacial score (nSPS) is 16.5. The van der Waals surface area contributed by atoms with Crippen LogP contribution in [0, 0.1) is 12.7 Å². The van der Waals surface area contributed by atoms with Crippen molar-refractivity contribution in [1.29, 1.82) is 0 Å². The summed E-state index contributed by atoms with van der Waals surface area (Å²) >= 11 is 6.23. The highest BCUT2D eigenvalue weighted by molar-refractivity contribution is 7.90. The Kier molecular flexibility index (Phi) is 6.06. The van der Waals surface area contributed by atoms with Gasteiger partial charge in [-0.05, 0) is 50.1 Å². The van der Waals surface area contributed by atoms with Crippen molar-refractivity contribution in [2.45, 2.75) is 43.5 Å². The van der Waals surface area contributed by atoms with Crippen molar-refractivity contribution in [1.82, 2.24) is 13.9 Å². The number of halogens is 2. The molecule has 1 aliphatic carbocycles. The zero-order valence-corrected chi connectivity index (χ0v) is 20.4. The predicted molar refractivity (Wildman–Crippen MR) is 133 cm³/mol. The number of carbonyl (C=O) groups is 1. The molecule has 5 rings (SSSR count). The Labute approximate surface area is 207 Å². The first-order chi connectivity index (χ1) is 16.7. The number of aryl methyl sites for hydroxylation is 1. The molecule has 35 heavy (non-hydrogen) atoms. The van der Waals surface area contributed by atoms with E-state index >= 15 is 0 Å². The lowest BCUT2D eigenvalue weighted by Crippen LogP contribution is -2.28. The highest BCUT2D eigenvalue weighted by atomic mass is 35.5. The van der Waals surface area contributed by atoms with Gasteiger partial charge in [0.2, 0.25) is 0 Å². The third-order valence-corrected chi connectivity index (χ3v) is 8.04. The number of anilines is 1. The van der Waals surface area contributed by atoms with Crippen molar-refractivity contribution in [3.63, 3.8) is 0 Å². The minimum Gasteiger partial charge on any atom is -0.364 e. The van der Waals surface area contributed by atoms with Gasteiger partial charge in [-0.25, -0.2) is 26.7 Å². The first-order valence-electron chi connectivity index (χ1n) is 11.2. The van der Waals surface area contributed by atoms with Crippen molar-refractivity contribution < 1.29 is 17.6 Å². The van der Waals surface area contributed by atoms with Crippen molar-refractivity contribution in [3.05, 3.63) is 71.3 Å². The molecule has 1 aliphatic rings. The molecule has 2 heterocycles. The third-order valence-electron chi connectivity index (χ3n) is 6.12. The van der Waals surface area contributed by atoms with Gasteiger partial charge >= 0.3 is 0 Å². The maximum atomic E-state index is 14.6. The van der Waals surface area contributed by atoms with E-state index in [1.807, 2.05) is 6.92 Å². The molecule has 1 fully saturated rings. The molecule has 1 saturated carbocycles. The smallest absolute Gasteiger partial charge is 0.268 e. The zero-order chi connectivity index (χ0) is 24.7. The van der Waals surface area contributed by atoms with Crippen LogP contribution in [0.2, 0.25) is 5.02 Å². The Morgan fingerprint density at radius 3 is 2.69 bits per heavy atom. The van der Waals surface area contributed by atoms with E-state index in [1.165, 1.54) is 6.20 Å². The van der Waals surface area contributed by atoms with Gasteiger partial charge in [-0.15, -0.1) is 0 Å². The Morgan fingerprint density at radius 2 is 1.94 bits per heavy atom. The summed E-state index contributed by atoms with van der Waals surface area (Å²) in [4.78, 5) is 20.4. The van der Waals surface area contributed by atoms with Crippen molar-refractivity contribution in [2.24, 2.45) is 0 Å². The van der Waals surface area contributed by atoms with E-state index in [2.05, 4.69) is 15.3 Å². The van der Waals surface area contributed by atoms with Crippen LogP contribution in [-0.4, -0.2) is 34.2 Å². The molecule has 0 unspecified atom stereocenters. The van der Waals surface area contributed by atoms with Gasteiger partial charge in [0.15, 0.2) is 17.5 Å². The van der Waals surface area contributed by atoms with E-state index in [-0.39, 0.29) is 28.4 Å². The Bertz CT molecular complexity index is 1550. The number of nitrogens with zero attached hydrogens (tertiary/aromatic N) is 3. The highest BCUT2D eigenvalue weighted by Crippen LogP contribution is 2.34. The molecule has 0 spiro atoms. The number of ketones is 1. The van der Waals surface area contributed by atoms with Crippen LogP contribution in [-0.2, 0) is 14.8 Å². The van der Waals surface area contributed by atoms with Crippen LogP contribution in [0.4, 0.5) is 10.2 Å². The lowest BCUT2D eigenvalue weighted by atomic mass is 9.94. The number of rotatable bonds is 5. The Morgan fingerprint density at radius 1 is 1.17 bits per heavy atom. The fourth-order valence-corrected chi connectivity index (χ4v) is 5.85. The second-order valence-corrected chi connectivity index (χ2v) is 10.9.